The summed E-state index contributed by atoms with van der Waals surface area (Å²) in [5.74, 6) is 3.31. The Bertz CT molecular complexity index is 2300. The Labute approximate surface area is 408 Å². The van der Waals surface area contributed by atoms with Crippen molar-refractivity contribution >= 4 is 45.2 Å². The summed E-state index contributed by atoms with van der Waals surface area (Å²) in [6, 6.07) is 65.9. The number of halogens is 2. The van der Waals surface area contributed by atoms with E-state index in [1.54, 1.807) is 0 Å². The summed E-state index contributed by atoms with van der Waals surface area (Å²) >= 11 is 5.23. The first kappa shape index (κ1) is 43.8. The zero-order valence-corrected chi connectivity index (χ0v) is 40.8. The molecule has 324 valence electrons. The number of hydrogen-bond donors (Lipinski definition) is 0. The van der Waals surface area contributed by atoms with Crippen molar-refractivity contribution in [3.63, 3.8) is 0 Å². The van der Waals surface area contributed by atoms with Crippen LogP contribution in [0.3, 0.4) is 0 Å². The van der Waals surface area contributed by atoms with E-state index in [1.807, 2.05) is 0 Å². The second-order valence-corrected chi connectivity index (χ2v) is 20.7. The van der Waals surface area contributed by atoms with Crippen LogP contribution >= 0.6 is 45.2 Å². The minimum atomic E-state index is -0.926. The lowest BCUT2D eigenvalue weighted by atomic mass is 9.48. The predicted molar refractivity (Wildman–Crippen MR) is 279 cm³/mol. The van der Waals surface area contributed by atoms with Gasteiger partial charge in [-0.15, -0.1) is 0 Å². The molecule has 3 unspecified atom stereocenters. The molecular weight excluding hydrogens is 1010 g/mol. The highest BCUT2D eigenvalue weighted by atomic mass is 127. The van der Waals surface area contributed by atoms with Gasteiger partial charge in [-0.1, -0.05) is 217 Å². The molecule has 0 saturated heterocycles. The van der Waals surface area contributed by atoms with E-state index in [0.29, 0.717) is 17.8 Å². The van der Waals surface area contributed by atoms with Gasteiger partial charge in [0.1, 0.15) is 16.8 Å². The van der Waals surface area contributed by atoms with E-state index in [2.05, 4.69) is 256 Å². The number of allylic oxidation sites excluding steroid dienone is 2. The molecule has 3 atom stereocenters. The molecule has 4 saturated carbocycles. The Hall–Kier alpha value is -4.08. The highest BCUT2D eigenvalue weighted by Crippen LogP contribution is 2.63. The molecule has 64 heavy (non-hydrogen) atoms. The normalized spacial score (nSPS) is 24.7. The van der Waals surface area contributed by atoms with Crippen molar-refractivity contribution in [1.29, 1.82) is 0 Å². The number of hydrogen-bond acceptors (Lipinski definition) is 2. The molecule has 0 spiro atoms. The fourth-order valence-electron chi connectivity index (χ4n) is 12.8. The third-order valence-electron chi connectivity index (χ3n) is 15.2. The van der Waals surface area contributed by atoms with E-state index in [1.165, 1.54) is 35.7 Å². The smallest absolute Gasteiger partial charge is 0.145 e. The van der Waals surface area contributed by atoms with Gasteiger partial charge < -0.3 is 9.47 Å². The molecule has 4 bridgehead atoms. The summed E-state index contributed by atoms with van der Waals surface area (Å²) in [5.41, 5.74) is 4.18. The Balaban J connectivity index is 1.23. The largest absolute Gasteiger partial charge is 0.353 e. The molecule has 4 fully saturated rings. The third kappa shape index (κ3) is 8.24. The van der Waals surface area contributed by atoms with E-state index < -0.39 is 16.8 Å². The van der Waals surface area contributed by atoms with Gasteiger partial charge in [-0.3, -0.25) is 0 Å². The van der Waals surface area contributed by atoms with E-state index in [0.717, 1.165) is 64.5 Å². The maximum absolute atomic E-state index is 8.65. The standard InChI is InChI=1S/C60H58I2O2/c61-37-36-58(57-47-39-44-38-45(41-47)42-48(57)40-44,64-60(52-30-16-5-17-31-52,53-32-18-6-19-33-53)54-34-20-7-21-35-54)56(62)43-55(46-22-8-1-9-23-46)63-59(49-24-10-2-11-25-49,50-26-12-3-13-27-50)51-28-14-4-15-29-51/h1-8,10-21,24-37,43-48,55,57H,9,22-23,38-42H2/b37-36?,56-43+. The van der Waals surface area contributed by atoms with Crippen LogP contribution in [0.4, 0.5) is 0 Å². The first-order valence-electron chi connectivity index (χ1n) is 23.6. The maximum atomic E-state index is 8.65. The molecule has 4 heteroatoms. The van der Waals surface area contributed by atoms with Gasteiger partial charge in [-0.25, -0.2) is 0 Å². The van der Waals surface area contributed by atoms with Gasteiger partial charge in [0.05, 0.1) is 6.10 Å². The van der Waals surface area contributed by atoms with Crippen molar-refractivity contribution in [3.05, 3.63) is 247 Å². The van der Waals surface area contributed by atoms with E-state index in [9.17, 15) is 0 Å². The van der Waals surface area contributed by atoms with Crippen molar-refractivity contribution in [2.24, 2.45) is 35.5 Å². The van der Waals surface area contributed by atoms with Crippen LogP contribution in [-0.4, -0.2) is 11.7 Å². The molecule has 0 heterocycles. The molecule has 0 radical (unpaired) electrons. The Kier molecular flexibility index (Phi) is 13.3. The first-order chi connectivity index (χ1) is 31.5. The molecule has 0 aliphatic heterocycles. The summed E-state index contributed by atoms with van der Waals surface area (Å²) in [6.45, 7) is 0. The van der Waals surface area contributed by atoms with E-state index >= 15 is 0 Å². The molecule has 2 nitrogen and oxygen atoms in total. The SMILES string of the molecule is IC=CC(OC(c1ccccc1)(c1ccccc1)c1ccccc1)(/C(I)=C\C(OC(c1ccccc1)(c1ccccc1)c1ccccc1)C1CC=CCC1)C1C2CC3CC(C2)CC1C3. The van der Waals surface area contributed by atoms with Gasteiger partial charge in [0.25, 0.3) is 0 Å². The summed E-state index contributed by atoms with van der Waals surface area (Å²) in [6.07, 6.45) is 19.1. The van der Waals surface area contributed by atoms with Crippen LogP contribution in [0.2, 0.25) is 0 Å². The molecule has 0 aromatic heterocycles. The van der Waals surface area contributed by atoms with Crippen molar-refractivity contribution in [2.45, 2.75) is 74.3 Å². The molecule has 6 aromatic carbocycles. The third-order valence-corrected chi connectivity index (χ3v) is 16.8. The van der Waals surface area contributed by atoms with Crippen LogP contribution in [-0.2, 0) is 20.7 Å². The summed E-state index contributed by atoms with van der Waals surface area (Å²) in [5, 5.41) is 0. The summed E-state index contributed by atoms with van der Waals surface area (Å²) < 4.78 is 20.3. The molecule has 5 aliphatic rings. The Morgan fingerprint density at radius 3 is 1.27 bits per heavy atom. The van der Waals surface area contributed by atoms with Crippen LogP contribution in [0, 0.1) is 35.5 Å². The van der Waals surface area contributed by atoms with Crippen molar-refractivity contribution in [3.8, 4) is 0 Å². The van der Waals surface area contributed by atoms with Crippen molar-refractivity contribution in [1.82, 2.24) is 0 Å². The van der Waals surface area contributed by atoms with Gasteiger partial charge in [0.2, 0.25) is 0 Å². The van der Waals surface area contributed by atoms with Crippen LogP contribution in [0.15, 0.2) is 214 Å². The molecule has 6 aromatic rings. The quantitative estimate of drug-likeness (QED) is 0.0580. The average molecular weight is 1060 g/mol. The van der Waals surface area contributed by atoms with Crippen LogP contribution < -0.4 is 0 Å². The van der Waals surface area contributed by atoms with E-state index in [-0.39, 0.29) is 12.0 Å². The molecule has 0 N–H and O–H groups in total. The van der Waals surface area contributed by atoms with Crippen LogP contribution in [0.25, 0.3) is 0 Å². The second kappa shape index (κ2) is 19.4. The fraction of sp³-hybridized carbons (Fsp3) is 0.300. The monoisotopic (exact) mass is 1060 g/mol. The van der Waals surface area contributed by atoms with Crippen LogP contribution in [0.1, 0.15) is 84.7 Å². The predicted octanol–water partition coefficient (Wildman–Crippen LogP) is 15.8. The van der Waals surface area contributed by atoms with Gasteiger partial charge in [-0.05, 0) is 153 Å². The minimum Gasteiger partial charge on any atom is -0.353 e. The minimum absolute atomic E-state index is 0.250. The Morgan fingerprint density at radius 2 is 0.906 bits per heavy atom. The zero-order chi connectivity index (χ0) is 43.4. The summed E-state index contributed by atoms with van der Waals surface area (Å²) in [4.78, 5) is 0. The lowest BCUT2D eigenvalue weighted by Crippen LogP contribution is -2.58. The number of ether oxygens (including phenoxy) is 2. The van der Waals surface area contributed by atoms with Crippen molar-refractivity contribution in [2.75, 3.05) is 0 Å². The Morgan fingerprint density at radius 1 is 0.516 bits per heavy atom. The molecule has 11 rings (SSSR count). The lowest BCUT2D eigenvalue weighted by molar-refractivity contribution is -0.165. The van der Waals surface area contributed by atoms with Gasteiger partial charge in [0, 0.05) is 9.50 Å². The fourth-order valence-corrected chi connectivity index (χ4v) is 14.3. The summed E-state index contributed by atoms with van der Waals surface area (Å²) in [7, 11) is 0. The van der Waals surface area contributed by atoms with Gasteiger partial charge in [0.15, 0.2) is 0 Å². The van der Waals surface area contributed by atoms with E-state index in [4.69, 9.17) is 9.47 Å². The lowest BCUT2D eigenvalue weighted by Gasteiger charge is -2.60. The maximum Gasteiger partial charge on any atom is 0.145 e. The topological polar surface area (TPSA) is 18.5 Å². The van der Waals surface area contributed by atoms with Gasteiger partial charge in [-0.2, -0.15) is 0 Å². The molecule has 5 aliphatic carbocycles. The first-order valence-corrected chi connectivity index (χ1v) is 25.9. The van der Waals surface area contributed by atoms with Crippen LogP contribution in [0.5, 0.6) is 0 Å². The van der Waals surface area contributed by atoms with Crippen molar-refractivity contribution < 1.29 is 9.47 Å². The zero-order valence-electron chi connectivity index (χ0n) is 36.5. The molecule has 0 amide bonds. The highest BCUT2D eigenvalue weighted by Gasteiger charge is 2.59. The second-order valence-electron chi connectivity index (χ2n) is 18.8. The average Bonchev–Trinajstić information content (AvgIpc) is 3.36. The molecular formula is C60H58I2O2. The number of benzene rings is 6. The number of rotatable bonds is 15. The highest BCUT2D eigenvalue weighted by molar-refractivity contribution is 14.1. The van der Waals surface area contributed by atoms with Gasteiger partial charge >= 0.3 is 0 Å².